The van der Waals surface area contributed by atoms with Crippen LogP contribution in [-0.4, -0.2) is 42.4 Å². The maximum absolute atomic E-state index is 2.39. The molecular formula is C17H29N2+. The van der Waals surface area contributed by atoms with Crippen LogP contribution in [-0.2, 0) is 0 Å². The molecule has 2 rings (SSSR count). The Morgan fingerprint density at radius 2 is 1.79 bits per heavy atom. The molecule has 0 amide bonds. The molecule has 2 nitrogen and oxygen atoms in total. The van der Waals surface area contributed by atoms with Gasteiger partial charge in [-0.3, -0.25) is 0 Å². The summed E-state index contributed by atoms with van der Waals surface area (Å²) < 4.78 is 2.39. The van der Waals surface area contributed by atoms with Crippen LogP contribution in [0.15, 0.2) is 23.9 Å². The van der Waals surface area contributed by atoms with Gasteiger partial charge in [0.25, 0.3) is 0 Å². The summed E-state index contributed by atoms with van der Waals surface area (Å²) in [6.45, 7) is 11.7. The Kier molecular flexibility index (Phi) is 3.63. The van der Waals surface area contributed by atoms with Crippen LogP contribution in [0.2, 0.25) is 0 Å². The van der Waals surface area contributed by atoms with Crippen LogP contribution in [0.3, 0.4) is 0 Å². The van der Waals surface area contributed by atoms with Crippen molar-refractivity contribution in [2.75, 3.05) is 27.2 Å². The lowest BCUT2D eigenvalue weighted by Crippen LogP contribution is -2.21. The van der Waals surface area contributed by atoms with E-state index in [1.54, 1.807) is 0 Å². The standard InChI is InChI=1S/C17H29N2/c1-16(2)10-12-18(5)14(16)8-7-9-15-17(3,4)11-13-19(15)6/h7-9H,10-13H2,1-6H3/q+1. The predicted octanol–water partition coefficient (Wildman–Crippen LogP) is 3.30. The molecule has 0 aromatic rings. The van der Waals surface area contributed by atoms with Gasteiger partial charge in [-0.2, -0.15) is 0 Å². The second kappa shape index (κ2) is 4.81. The van der Waals surface area contributed by atoms with Gasteiger partial charge >= 0.3 is 0 Å². The minimum Gasteiger partial charge on any atom is -0.377 e. The smallest absolute Gasteiger partial charge is 0.181 e. The molecule has 106 valence electrons. The Morgan fingerprint density at radius 3 is 2.26 bits per heavy atom. The van der Waals surface area contributed by atoms with Crippen molar-refractivity contribution in [1.29, 1.82) is 0 Å². The van der Waals surface area contributed by atoms with Gasteiger partial charge in [0.05, 0.1) is 5.41 Å². The van der Waals surface area contributed by atoms with Crippen molar-refractivity contribution in [1.82, 2.24) is 4.90 Å². The lowest BCUT2D eigenvalue weighted by atomic mass is 9.86. The molecule has 0 aliphatic carbocycles. The summed E-state index contributed by atoms with van der Waals surface area (Å²) in [7, 11) is 4.40. The highest BCUT2D eigenvalue weighted by Gasteiger charge is 2.36. The van der Waals surface area contributed by atoms with E-state index in [1.807, 2.05) is 0 Å². The van der Waals surface area contributed by atoms with E-state index in [4.69, 9.17) is 0 Å². The fraction of sp³-hybridized carbons (Fsp3) is 0.706. The van der Waals surface area contributed by atoms with Crippen molar-refractivity contribution < 1.29 is 4.58 Å². The molecular weight excluding hydrogens is 232 g/mol. The van der Waals surface area contributed by atoms with Gasteiger partial charge in [-0.15, -0.1) is 0 Å². The van der Waals surface area contributed by atoms with Crippen LogP contribution in [0.1, 0.15) is 40.5 Å². The second-order valence-corrected chi connectivity index (χ2v) is 7.41. The van der Waals surface area contributed by atoms with Crippen LogP contribution in [0, 0.1) is 10.8 Å². The van der Waals surface area contributed by atoms with Crippen LogP contribution in [0.4, 0.5) is 0 Å². The highest BCUT2D eigenvalue weighted by molar-refractivity contribution is 5.96. The van der Waals surface area contributed by atoms with Gasteiger partial charge in [0.1, 0.15) is 13.6 Å². The monoisotopic (exact) mass is 261 g/mol. The van der Waals surface area contributed by atoms with Crippen molar-refractivity contribution in [3.8, 4) is 0 Å². The van der Waals surface area contributed by atoms with E-state index in [0.29, 0.717) is 10.8 Å². The molecule has 0 radical (unpaired) electrons. The quantitative estimate of drug-likeness (QED) is 0.691. The molecule has 0 saturated carbocycles. The maximum Gasteiger partial charge on any atom is 0.181 e. The third-order valence-electron chi connectivity index (χ3n) is 4.86. The Balaban J connectivity index is 2.18. The van der Waals surface area contributed by atoms with E-state index in [9.17, 15) is 0 Å². The van der Waals surface area contributed by atoms with Gasteiger partial charge in [-0.05, 0) is 26.3 Å². The van der Waals surface area contributed by atoms with Gasteiger partial charge < -0.3 is 4.90 Å². The summed E-state index contributed by atoms with van der Waals surface area (Å²) in [4.78, 5) is 2.39. The van der Waals surface area contributed by atoms with E-state index >= 15 is 0 Å². The third-order valence-corrected chi connectivity index (χ3v) is 4.86. The molecule has 0 N–H and O–H groups in total. The molecule has 0 aromatic carbocycles. The molecule has 19 heavy (non-hydrogen) atoms. The Hall–Kier alpha value is -1.05. The molecule has 0 aromatic heterocycles. The zero-order valence-corrected chi connectivity index (χ0v) is 13.5. The number of rotatable bonds is 2. The number of hydrogen-bond acceptors (Lipinski definition) is 1. The topological polar surface area (TPSA) is 6.25 Å². The van der Waals surface area contributed by atoms with E-state index in [0.717, 1.165) is 0 Å². The van der Waals surface area contributed by atoms with Gasteiger partial charge in [0.15, 0.2) is 5.71 Å². The summed E-state index contributed by atoms with van der Waals surface area (Å²) in [6, 6.07) is 0. The Bertz CT molecular complexity index is 450. The predicted molar refractivity (Wildman–Crippen MR) is 82.7 cm³/mol. The number of nitrogens with zero attached hydrogens (tertiary/aromatic N) is 2. The first-order valence-electron chi connectivity index (χ1n) is 7.43. The van der Waals surface area contributed by atoms with Crippen LogP contribution >= 0.6 is 0 Å². The summed E-state index contributed by atoms with van der Waals surface area (Å²) >= 11 is 0. The van der Waals surface area contributed by atoms with Crippen molar-refractivity contribution in [3.63, 3.8) is 0 Å². The molecule has 1 saturated heterocycles. The Morgan fingerprint density at radius 1 is 1.11 bits per heavy atom. The molecule has 0 spiro atoms. The van der Waals surface area contributed by atoms with E-state index in [-0.39, 0.29) is 0 Å². The average Bonchev–Trinajstić information content (AvgIpc) is 2.71. The largest absolute Gasteiger partial charge is 0.377 e. The fourth-order valence-corrected chi connectivity index (χ4v) is 3.36. The number of allylic oxidation sites excluding steroid dienone is 4. The van der Waals surface area contributed by atoms with Gasteiger partial charge in [-0.25, -0.2) is 4.58 Å². The minimum atomic E-state index is 0.320. The first-order valence-corrected chi connectivity index (χ1v) is 7.43. The lowest BCUT2D eigenvalue weighted by molar-refractivity contribution is -0.487. The maximum atomic E-state index is 2.39. The molecule has 2 heteroatoms. The molecule has 2 aliphatic rings. The van der Waals surface area contributed by atoms with Gasteiger partial charge in [0.2, 0.25) is 0 Å². The average molecular weight is 261 g/mol. The second-order valence-electron chi connectivity index (χ2n) is 7.41. The summed E-state index contributed by atoms with van der Waals surface area (Å²) in [6.07, 6.45) is 9.37. The van der Waals surface area contributed by atoms with Crippen LogP contribution in [0.5, 0.6) is 0 Å². The van der Waals surface area contributed by atoms with Crippen LogP contribution < -0.4 is 0 Å². The first-order chi connectivity index (χ1) is 8.74. The van der Waals surface area contributed by atoms with E-state index in [2.05, 4.69) is 69.5 Å². The number of likely N-dealkylation sites (tertiary alicyclic amines) is 1. The molecule has 0 unspecified atom stereocenters. The third kappa shape index (κ3) is 2.77. The highest BCUT2D eigenvalue weighted by atomic mass is 15.1. The summed E-state index contributed by atoms with van der Waals surface area (Å²) in [5.74, 6) is 0. The fourth-order valence-electron chi connectivity index (χ4n) is 3.36. The van der Waals surface area contributed by atoms with Crippen molar-refractivity contribution in [3.05, 3.63) is 23.9 Å². The van der Waals surface area contributed by atoms with Crippen molar-refractivity contribution in [2.24, 2.45) is 10.8 Å². The minimum absolute atomic E-state index is 0.320. The normalized spacial score (nSPS) is 28.1. The van der Waals surface area contributed by atoms with Crippen molar-refractivity contribution in [2.45, 2.75) is 40.5 Å². The summed E-state index contributed by atoms with van der Waals surface area (Å²) in [5.41, 5.74) is 3.56. The van der Waals surface area contributed by atoms with Gasteiger partial charge in [-0.1, -0.05) is 19.9 Å². The summed E-state index contributed by atoms with van der Waals surface area (Å²) in [5, 5.41) is 0. The van der Waals surface area contributed by atoms with E-state index in [1.165, 1.54) is 37.3 Å². The molecule has 0 bridgehead atoms. The SMILES string of the molecule is CN1CCC(C)(C)C1=CC=CC1=[N+](C)CCC1(C)C. The molecule has 2 aliphatic heterocycles. The zero-order chi connectivity index (χ0) is 14.3. The zero-order valence-electron chi connectivity index (χ0n) is 13.5. The number of hydrogen-bond donors (Lipinski definition) is 0. The Labute approximate surface area is 118 Å². The van der Waals surface area contributed by atoms with Crippen molar-refractivity contribution >= 4 is 5.71 Å². The molecule has 1 fully saturated rings. The first kappa shape index (κ1) is 14.4. The van der Waals surface area contributed by atoms with E-state index < -0.39 is 0 Å². The molecule has 2 heterocycles. The lowest BCUT2D eigenvalue weighted by Gasteiger charge is -2.22. The van der Waals surface area contributed by atoms with Gasteiger partial charge in [0, 0.05) is 37.2 Å². The highest BCUT2D eigenvalue weighted by Crippen LogP contribution is 2.38. The molecule has 0 atom stereocenters. The van der Waals surface area contributed by atoms with Crippen LogP contribution in [0.25, 0.3) is 0 Å².